The minimum atomic E-state index is -2.24. The number of piperazine rings is 1. The first kappa shape index (κ1) is 22.2. The van der Waals surface area contributed by atoms with Crippen molar-refractivity contribution >= 4 is 17.3 Å². The minimum absolute atomic E-state index is 0.0835. The summed E-state index contributed by atoms with van der Waals surface area (Å²) in [6, 6.07) is 8.56. The van der Waals surface area contributed by atoms with E-state index in [0.29, 0.717) is 0 Å². The SMILES string of the molecule is O=C(c1ccc(-c2ccccc2[N+](=O)[O-])o1)N1CCN(c2c(F)c(F)c(F)c(F)c2F)CC1. The lowest BCUT2D eigenvalue weighted by molar-refractivity contribution is -0.384. The van der Waals surface area contributed by atoms with Gasteiger partial charge in [-0.25, -0.2) is 22.0 Å². The topological polar surface area (TPSA) is 79.8 Å². The fourth-order valence-corrected chi connectivity index (χ4v) is 3.60. The van der Waals surface area contributed by atoms with Gasteiger partial charge in [-0.05, 0) is 18.2 Å². The van der Waals surface area contributed by atoms with Gasteiger partial charge in [-0.15, -0.1) is 0 Å². The van der Waals surface area contributed by atoms with Crippen LogP contribution in [0.1, 0.15) is 10.6 Å². The molecule has 2 aromatic carbocycles. The van der Waals surface area contributed by atoms with Gasteiger partial charge < -0.3 is 14.2 Å². The minimum Gasteiger partial charge on any atom is -0.451 e. The second-order valence-corrected chi connectivity index (χ2v) is 7.14. The maximum Gasteiger partial charge on any atom is 0.289 e. The van der Waals surface area contributed by atoms with Crippen molar-refractivity contribution in [1.82, 2.24) is 4.90 Å². The summed E-state index contributed by atoms with van der Waals surface area (Å²) in [6.07, 6.45) is 0. The Morgan fingerprint density at radius 1 is 0.848 bits per heavy atom. The first-order chi connectivity index (χ1) is 15.7. The normalized spacial score (nSPS) is 14.0. The number of para-hydroxylation sites is 1. The predicted octanol–water partition coefficient (Wildman–Crippen LogP) is 4.51. The number of nitro groups is 1. The van der Waals surface area contributed by atoms with E-state index in [1.807, 2.05) is 0 Å². The van der Waals surface area contributed by atoms with Gasteiger partial charge in [0.15, 0.2) is 29.0 Å². The lowest BCUT2D eigenvalue weighted by Crippen LogP contribution is -2.49. The molecule has 4 rings (SSSR count). The molecule has 0 unspecified atom stereocenters. The molecule has 0 N–H and O–H groups in total. The van der Waals surface area contributed by atoms with Gasteiger partial charge in [0.05, 0.1) is 10.5 Å². The van der Waals surface area contributed by atoms with E-state index >= 15 is 0 Å². The number of halogens is 5. The van der Waals surface area contributed by atoms with Crippen molar-refractivity contribution in [2.24, 2.45) is 0 Å². The van der Waals surface area contributed by atoms with Crippen LogP contribution in [0.2, 0.25) is 0 Å². The standard InChI is InChI=1S/C21H14F5N3O4/c22-15-16(23)18(25)20(19(26)17(15)24)27-7-9-28(10-8-27)21(30)14-6-5-13(33-14)11-3-1-2-4-12(11)29(31)32/h1-6H,7-10H2. The van der Waals surface area contributed by atoms with Gasteiger partial charge in [0, 0.05) is 32.2 Å². The van der Waals surface area contributed by atoms with Crippen LogP contribution in [-0.4, -0.2) is 41.9 Å². The Labute approximate surface area is 182 Å². The number of furan rings is 1. The van der Waals surface area contributed by atoms with E-state index < -0.39 is 45.6 Å². The number of hydrogen-bond donors (Lipinski definition) is 0. The number of nitrogens with zero attached hydrogens (tertiary/aromatic N) is 3. The molecule has 1 aliphatic heterocycles. The largest absolute Gasteiger partial charge is 0.451 e. The zero-order valence-electron chi connectivity index (χ0n) is 16.7. The van der Waals surface area contributed by atoms with Crippen LogP contribution < -0.4 is 4.90 Å². The molecular formula is C21H14F5N3O4. The lowest BCUT2D eigenvalue weighted by Gasteiger charge is -2.36. The third-order valence-electron chi connectivity index (χ3n) is 5.25. The average Bonchev–Trinajstić information content (AvgIpc) is 3.32. The Balaban J connectivity index is 1.50. The summed E-state index contributed by atoms with van der Waals surface area (Å²) in [4.78, 5) is 25.6. The number of anilines is 1. The molecule has 1 aromatic heterocycles. The molecule has 1 saturated heterocycles. The number of rotatable bonds is 4. The number of amides is 1. The van der Waals surface area contributed by atoms with Crippen LogP contribution in [0.25, 0.3) is 11.3 Å². The lowest BCUT2D eigenvalue weighted by atomic mass is 10.1. The van der Waals surface area contributed by atoms with Crippen molar-refractivity contribution in [3.8, 4) is 11.3 Å². The second kappa shape index (κ2) is 8.52. The second-order valence-electron chi connectivity index (χ2n) is 7.14. The van der Waals surface area contributed by atoms with Crippen LogP contribution in [0.5, 0.6) is 0 Å². The van der Waals surface area contributed by atoms with Crippen LogP contribution in [0.4, 0.5) is 33.3 Å². The van der Waals surface area contributed by atoms with Gasteiger partial charge in [0.25, 0.3) is 11.6 Å². The highest BCUT2D eigenvalue weighted by Crippen LogP contribution is 2.33. The smallest absolute Gasteiger partial charge is 0.289 e. The van der Waals surface area contributed by atoms with Gasteiger partial charge in [0.2, 0.25) is 5.82 Å². The van der Waals surface area contributed by atoms with E-state index in [2.05, 4.69) is 0 Å². The Hall–Kier alpha value is -3.96. The van der Waals surface area contributed by atoms with Crippen molar-refractivity contribution in [3.63, 3.8) is 0 Å². The van der Waals surface area contributed by atoms with Gasteiger partial charge in [-0.3, -0.25) is 14.9 Å². The van der Waals surface area contributed by atoms with Crippen molar-refractivity contribution in [2.75, 3.05) is 31.1 Å². The molecule has 172 valence electrons. The van der Waals surface area contributed by atoms with Crippen molar-refractivity contribution < 1.29 is 36.1 Å². The van der Waals surface area contributed by atoms with Crippen LogP contribution in [0.15, 0.2) is 40.8 Å². The van der Waals surface area contributed by atoms with Crippen LogP contribution in [0.3, 0.4) is 0 Å². The Morgan fingerprint density at radius 2 is 1.42 bits per heavy atom. The van der Waals surface area contributed by atoms with Gasteiger partial charge in [-0.2, -0.15) is 0 Å². The number of hydrogen-bond acceptors (Lipinski definition) is 5. The Kier molecular flexibility index (Phi) is 5.75. The first-order valence-corrected chi connectivity index (χ1v) is 9.60. The third kappa shape index (κ3) is 3.88. The van der Waals surface area contributed by atoms with Gasteiger partial charge >= 0.3 is 0 Å². The van der Waals surface area contributed by atoms with E-state index in [9.17, 15) is 36.9 Å². The molecule has 0 bridgehead atoms. The molecule has 33 heavy (non-hydrogen) atoms. The summed E-state index contributed by atoms with van der Waals surface area (Å²) in [6.45, 7) is -0.552. The van der Waals surface area contributed by atoms with Crippen LogP contribution >= 0.6 is 0 Å². The van der Waals surface area contributed by atoms with E-state index in [1.54, 1.807) is 6.07 Å². The molecule has 1 fully saturated rings. The summed E-state index contributed by atoms with van der Waals surface area (Å²) < 4.78 is 73.9. The number of carbonyl (C=O) groups is 1. The number of benzene rings is 2. The van der Waals surface area contributed by atoms with Gasteiger partial charge in [0.1, 0.15) is 11.4 Å². The number of nitro benzene ring substituents is 1. The van der Waals surface area contributed by atoms with E-state index in [4.69, 9.17) is 4.42 Å². The summed E-state index contributed by atoms with van der Waals surface area (Å²) in [5, 5.41) is 11.2. The van der Waals surface area contributed by atoms with E-state index in [1.165, 1.54) is 35.2 Å². The van der Waals surface area contributed by atoms with Crippen LogP contribution in [0, 0.1) is 39.2 Å². The molecule has 2 heterocycles. The van der Waals surface area contributed by atoms with E-state index in [-0.39, 0.29) is 49.0 Å². The molecule has 7 nitrogen and oxygen atoms in total. The van der Waals surface area contributed by atoms with Crippen molar-refractivity contribution in [2.45, 2.75) is 0 Å². The maximum absolute atomic E-state index is 14.1. The first-order valence-electron chi connectivity index (χ1n) is 9.60. The average molecular weight is 467 g/mol. The highest BCUT2D eigenvalue weighted by Gasteiger charge is 2.32. The van der Waals surface area contributed by atoms with Crippen molar-refractivity contribution in [1.29, 1.82) is 0 Å². The zero-order valence-corrected chi connectivity index (χ0v) is 16.7. The fraction of sp³-hybridized carbons (Fsp3) is 0.190. The quantitative estimate of drug-likeness (QED) is 0.185. The third-order valence-corrected chi connectivity index (χ3v) is 5.25. The molecule has 1 aliphatic rings. The van der Waals surface area contributed by atoms with Crippen LogP contribution in [-0.2, 0) is 0 Å². The molecule has 3 aromatic rings. The molecular weight excluding hydrogens is 453 g/mol. The van der Waals surface area contributed by atoms with Gasteiger partial charge in [-0.1, -0.05) is 12.1 Å². The molecule has 1 amide bonds. The van der Waals surface area contributed by atoms with E-state index in [0.717, 1.165) is 4.90 Å². The Morgan fingerprint density at radius 3 is 2.03 bits per heavy atom. The highest BCUT2D eigenvalue weighted by atomic mass is 19.2. The summed E-state index contributed by atoms with van der Waals surface area (Å²) >= 11 is 0. The fourth-order valence-electron chi connectivity index (χ4n) is 3.60. The highest BCUT2D eigenvalue weighted by molar-refractivity contribution is 5.92. The molecule has 0 spiro atoms. The molecule has 0 atom stereocenters. The number of carbonyl (C=O) groups excluding carboxylic acids is 1. The molecule has 12 heteroatoms. The predicted molar refractivity (Wildman–Crippen MR) is 105 cm³/mol. The summed E-state index contributed by atoms with van der Waals surface area (Å²) in [5.41, 5.74) is -1.07. The molecule has 0 aliphatic carbocycles. The summed E-state index contributed by atoms with van der Waals surface area (Å²) in [7, 11) is 0. The Bertz CT molecular complexity index is 1230. The monoisotopic (exact) mass is 467 g/mol. The molecule has 0 saturated carbocycles. The molecule has 0 radical (unpaired) electrons. The maximum atomic E-state index is 14.1. The van der Waals surface area contributed by atoms with Crippen molar-refractivity contribution in [3.05, 3.63) is 81.4 Å². The zero-order chi connectivity index (χ0) is 23.9. The summed E-state index contributed by atoms with van der Waals surface area (Å²) in [5.74, 6) is -10.8.